The molecule has 2 N–H and O–H groups in total. The van der Waals surface area contributed by atoms with Crippen molar-refractivity contribution >= 4 is 28.8 Å². The molecule has 0 aliphatic rings. The number of rotatable bonds is 1. The molecular formula is C5H9IN2. The lowest BCUT2D eigenvalue weighted by atomic mass is 10.5. The van der Waals surface area contributed by atoms with Gasteiger partial charge in [-0.2, -0.15) is 0 Å². The highest BCUT2D eigenvalue weighted by molar-refractivity contribution is 14.1. The van der Waals surface area contributed by atoms with E-state index in [1.54, 1.807) is 13.3 Å². The Hall–Kier alpha value is -0.0600. The van der Waals surface area contributed by atoms with Gasteiger partial charge in [-0.25, -0.2) is 0 Å². The lowest BCUT2D eigenvalue weighted by molar-refractivity contribution is 1.32. The summed E-state index contributed by atoms with van der Waals surface area (Å²) < 4.78 is 1.00. The van der Waals surface area contributed by atoms with Crippen molar-refractivity contribution in [3.05, 3.63) is 9.28 Å². The molecule has 0 unspecified atom stereocenters. The Morgan fingerprint density at radius 1 is 1.75 bits per heavy atom. The maximum atomic E-state index is 5.40. The van der Waals surface area contributed by atoms with Crippen LogP contribution >= 0.6 is 22.6 Å². The van der Waals surface area contributed by atoms with Crippen LogP contribution in [0.15, 0.2) is 14.3 Å². The van der Waals surface area contributed by atoms with E-state index in [4.69, 9.17) is 5.73 Å². The topological polar surface area (TPSA) is 38.4 Å². The summed E-state index contributed by atoms with van der Waals surface area (Å²) in [4.78, 5) is 3.79. The second-order valence-electron chi connectivity index (χ2n) is 1.42. The highest BCUT2D eigenvalue weighted by Crippen LogP contribution is 2.03. The molecule has 46 valence electrons. The summed E-state index contributed by atoms with van der Waals surface area (Å²) in [5.74, 6) is 0. The molecule has 0 amide bonds. The third-order valence-corrected chi connectivity index (χ3v) is 1.75. The largest absolute Gasteiger partial charge is 0.401 e. The number of hydrogen-bond acceptors (Lipinski definition) is 2. The van der Waals surface area contributed by atoms with Crippen LogP contribution in [0.25, 0.3) is 0 Å². The Morgan fingerprint density at radius 2 is 2.25 bits per heavy atom. The Kier molecular flexibility index (Phi) is 3.85. The van der Waals surface area contributed by atoms with Gasteiger partial charge < -0.3 is 5.73 Å². The summed E-state index contributed by atoms with van der Waals surface area (Å²) in [6, 6.07) is 0. The molecule has 0 fully saturated rings. The molecule has 0 aromatic rings. The molecule has 0 rings (SSSR count). The maximum Gasteiger partial charge on any atom is 0.0492 e. The van der Waals surface area contributed by atoms with Gasteiger partial charge in [0.15, 0.2) is 0 Å². The van der Waals surface area contributed by atoms with Crippen LogP contribution in [0.2, 0.25) is 0 Å². The van der Waals surface area contributed by atoms with Crippen LogP contribution in [0.3, 0.4) is 0 Å². The van der Waals surface area contributed by atoms with Gasteiger partial charge in [-0.3, -0.25) is 4.99 Å². The van der Waals surface area contributed by atoms with Crippen LogP contribution in [-0.2, 0) is 0 Å². The van der Waals surface area contributed by atoms with Gasteiger partial charge >= 0.3 is 0 Å². The first kappa shape index (κ1) is 7.94. The minimum absolute atomic E-state index is 0.816. The van der Waals surface area contributed by atoms with Gasteiger partial charge in [0.2, 0.25) is 0 Å². The lowest BCUT2D eigenvalue weighted by Gasteiger charge is -1.89. The molecule has 0 aromatic heterocycles. The summed E-state index contributed by atoms with van der Waals surface area (Å²) in [5.41, 5.74) is 6.22. The minimum atomic E-state index is 0.816. The van der Waals surface area contributed by atoms with Gasteiger partial charge in [-0.05, 0) is 29.5 Å². The molecular weight excluding hydrogens is 215 g/mol. The first-order chi connectivity index (χ1) is 3.68. The fourth-order valence-corrected chi connectivity index (χ4v) is 0.494. The summed E-state index contributed by atoms with van der Waals surface area (Å²) >= 11 is 2.14. The number of hydrogen-bond donors (Lipinski definition) is 1. The highest BCUT2D eigenvalue weighted by Gasteiger charge is 1.85. The monoisotopic (exact) mass is 224 g/mol. The van der Waals surface area contributed by atoms with Gasteiger partial charge in [0, 0.05) is 22.5 Å². The summed E-state index contributed by atoms with van der Waals surface area (Å²) in [5, 5.41) is 0. The fraction of sp³-hybridized carbons (Fsp3) is 0.400. The molecule has 0 heterocycles. The van der Waals surface area contributed by atoms with E-state index in [2.05, 4.69) is 27.6 Å². The zero-order valence-electron chi connectivity index (χ0n) is 4.98. The van der Waals surface area contributed by atoms with Crippen molar-refractivity contribution in [3.8, 4) is 0 Å². The zero-order valence-corrected chi connectivity index (χ0v) is 7.14. The van der Waals surface area contributed by atoms with E-state index in [9.17, 15) is 0 Å². The molecule has 8 heavy (non-hydrogen) atoms. The number of aliphatic imine (C=N–C) groups is 1. The molecule has 3 heteroatoms. The van der Waals surface area contributed by atoms with Crippen LogP contribution in [0.1, 0.15) is 6.92 Å². The molecule has 0 saturated heterocycles. The number of nitrogens with two attached hydrogens (primary N) is 1. The smallest absolute Gasteiger partial charge is 0.0492 e. The number of halogens is 1. The van der Waals surface area contributed by atoms with Crippen LogP contribution in [0.5, 0.6) is 0 Å². The van der Waals surface area contributed by atoms with E-state index in [1.165, 1.54) is 0 Å². The average Bonchev–Trinajstić information content (AvgIpc) is 1.67. The fourth-order valence-electron chi connectivity index (χ4n) is 0.215. The predicted octanol–water partition coefficient (Wildman–Crippen LogP) is 1.31. The van der Waals surface area contributed by atoms with Gasteiger partial charge in [-0.15, -0.1) is 0 Å². The quantitative estimate of drug-likeness (QED) is 0.529. The van der Waals surface area contributed by atoms with Gasteiger partial charge in [-0.1, -0.05) is 0 Å². The maximum absolute atomic E-state index is 5.40. The number of allylic oxidation sites excluding steroid dienone is 2. The van der Waals surface area contributed by atoms with Gasteiger partial charge in [0.25, 0.3) is 0 Å². The van der Waals surface area contributed by atoms with E-state index in [1.807, 2.05) is 6.92 Å². The predicted molar refractivity (Wildman–Crippen MR) is 45.3 cm³/mol. The average molecular weight is 224 g/mol. The van der Waals surface area contributed by atoms with E-state index in [0.29, 0.717) is 0 Å². The van der Waals surface area contributed by atoms with Gasteiger partial charge in [0.1, 0.15) is 0 Å². The minimum Gasteiger partial charge on any atom is -0.401 e. The van der Waals surface area contributed by atoms with E-state index >= 15 is 0 Å². The molecule has 0 radical (unpaired) electrons. The zero-order chi connectivity index (χ0) is 6.57. The first-order valence-electron chi connectivity index (χ1n) is 2.22. The highest BCUT2D eigenvalue weighted by atomic mass is 127. The van der Waals surface area contributed by atoms with Crippen LogP contribution in [-0.4, -0.2) is 13.3 Å². The SMILES string of the molecule is CN=CC(I)=C(C)N. The van der Waals surface area contributed by atoms with Crippen molar-refractivity contribution in [2.24, 2.45) is 10.7 Å². The lowest BCUT2D eigenvalue weighted by Crippen LogP contribution is -1.93. The molecule has 0 aliphatic carbocycles. The van der Waals surface area contributed by atoms with Crippen molar-refractivity contribution in [2.45, 2.75) is 6.92 Å². The van der Waals surface area contributed by atoms with Crippen molar-refractivity contribution < 1.29 is 0 Å². The van der Waals surface area contributed by atoms with Crippen molar-refractivity contribution in [1.29, 1.82) is 0 Å². The second-order valence-corrected chi connectivity index (χ2v) is 2.58. The van der Waals surface area contributed by atoms with Gasteiger partial charge in [0.05, 0.1) is 0 Å². The summed E-state index contributed by atoms with van der Waals surface area (Å²) in [6.45, 7) is 1.85. The van der Waals surface area contributed by atoms with Crippen LogP contribution in [0.4, 0.5) is 0 Å². The van der Waals surface area contributed by atoms with E-state index < -0.39 is 0 Å². The Balaban J connectivity index is 4.00. The molecule has 0 saturated carbocycles. The summed E-state index contributed by atoms with van der Waals surface area (Å²) in [6.07, 6.45) is 1.73. The molecule has 0 aliphatic heterocycles. The molecule has 0 aromatic carbocycles. The van der Waals surface area contributed by atoms with E-state index in [0.717, 1.165) is 9.28 Å². The molecule has 0 spiro atoms. The molecule has 0 atom stereocenters. The standard InChI is InChI=1S/C5H9IN2/c1-4(7)5(6)3-8-2/h3H,7H2,1-2H3. The van der Waals surface area contributed by atoms with Crippen molar-refractivity contribution in [1.82, 2.24) is 0 Å². The van der Waals surface area contributed by atoms with Crippen LogP contribution < -0.4 is 5.73 Å². The molecule has 2 nitrogen and oxygen atoms in total. The third-order valence-electron chi connectivity index (χ3n) is 0.619. The molecule has 0 bridgehead atoms. The van der Waals surface area contributed by atoms with E-state index in [-0.39, 0.29) is 0 Å². The van der Waals surface area contributed by atoms with Crippen molar-refractivity contribution in [2.75, 3.05) is 7.05 Å². The normalized spacial score (nSPS) is 14.4. The van der Waals surface area contributed by atoms with Crippen LogP contribution in [0, 0.1) is 0 Å². The first-order valence-corrected chi connectivity index (χ1v) is 3.30. The number of nitrogens with zero attached hydrogens (tertiary/aromatic N) is 1. The Bertz CT molecular complexity index is 122. The Labute approximate surface area is 63.0 Å². The third kappa shape index (κ3) is 3.01. The Morgan fingerprint density at radius 3 is 2.38 bits per heavy atom. The summed E-state index contributed by atoms with van der Waals surface area (Å²) in [7, 11) is 1.72. The second kappa shape index (κ2) is 3.88. The van der Waals surface area contributed by atoms with Crippen molar-refractivity contribution in [3.63, 3.8) is 0 Å².